The summed E-state index contributed by atoms with van der Waals surface area (Å²) in [6, 6.07) is 9.21. The van der Waals surface area contributed by atoms with E-state index in [1.54, 1.807) is 42.8 Å². The number of fused-ring (bicyclic) bond motifs is 2. The van der Waals surface area contributed by atoms with Crippen molar-refractivity contribution in [3.05, 3.63) is 56.6 Å². The van der Waals surface area contributed by atoms with Gasteiger partial charge in [-0.15, -0.1) is 5.92 Å². The molecule has 1 atom stereocenters. The second kappa shape index (κ2) is 9.29. The SMILES string of the molecule is CC#CCn1c(N2CCCC(N)C2)nc2c1c(=O)n(Cc1nc(C#N)c3ccccc3n1)c(=O)n2C. The Morgan fingerprint density at radius 1 is 1.17 bits per heavy atom. The molecule has 0 bridgehead atoms. The molecule has 11 nitrogen and oxygen atoms in total. The molecule has 4 heterocycles. The van der Waals surface area contributed by atoms with Crippen LogP contribution in [0.4, 0.5) is 5.95 Å². The average molecular weight is 484 g/mol. The molecule has 2 N–H and O–H groups in total. The molecule has 0 saturated carbocycles. The Labute approximate surface area is 206 Å². The van der Waals surface area contributed by atoms with E-state index in [0.717, 1.165) is 24.0 Å². The number of nitriles is 1. The van der Waals surface area contributed by atoms with Crippen molar-refractivity contribution in [2.24, 2.45) is 12.8 Å². The Morgan fingerprint density at radius 3 is 2.72 bits per heavy atom. The van der Waals surface area contributed by atoms with Crippen LogP contribution in [0.3, 0.4) is 0 Å². The van der Waals surface area contributed by atoms with Crippen LogP contribution in [-0.2, 0) is 20.1 Å². The minimum absolute atomic E-state index is 0.00383. The third-order valence-corrected chi connectivity index (χ3v) is 6.42. The number of hydrogen-bond acceptors (Lipinski definition) is 8. The van der Waals surface area contributed by atoms with E-state index >= 15 is 0 Å². The Bertz CT molecular complexity index is 1710. The van der Waals surface area contributed by atoms with Gasteiger partial charge in [0, 0.05) is 31.6 Å². The number of hydrogen-bond donors (Lipinski definition) is 1. The molecule has 1 saturated heterocycles. The van der Waals surface area contributed by atoms with Gasteiger partial charge >= 0.3 is 5.69 Å². The van der Waals surface area contributed by atoms with Crippen molar-refractivity contribution in [3.8, 4) is 17.9 Å². The normalized spacial score (nSPS) is 15.6. The molecule has 182 valence electrons. The van der Waals surface area contributed by atoms with Crippen molar-refractivity contribution in [2.45, 2.75) is 38.9 Å². The molecular weight excluding hydrogens is 458 g/mol. The molecule has 0 radical (unpaired) electrons. The van der Waals surface area contributed by atoms with Crippen molar-refractivity contribution in [3.63, 3.8) is 0 Å². The fraction of sp³-hybridized carbons (Fsp3) is 0.360. The van der Waals surface area contributed by atoms with E-state index in [1.165, 1.54) is 4.57 Å². The van der Waals surface area contributed by atoms with Crippen molar-refractivity contribution >= 4 is 28.0 Å². The number of nitrogens with zero attached hydrogens (tertiary/aromatic N) is 8. The lowest BCUT2D eigenvalue weighted by Gasteiger charge is -2.31. The van der Waals surface area contributed by atoms with Crippen molar-refractivity contribution in [1.29, 1.82) is 5.26 Å². The summed E-state index contributed by atoms with van der Waals surface area (Å²) in [6.45, 7) is 3.14. The molecule has 1 fully saturated rings. The highest BCUT2D eigenvalue weighted by Gasteiger charge is 2.26. The van der Waals surface area contributed by atoms with Gasteiger partial charge < -0.3 is 10.6 Å². The molecule has 0 aliphatic carbocycles. The van der Waals surface area contributed by atoms with Gasteiger partial charge in [-0.2, -0.15) is 10.2 Å². The first-order valence-electron chi connectivity index (χ1n) is 11.7. The van der Waals surface area contributed by atoms with Crippen LogP contribution in [0.25, 0.3) is 22.1 Å². The summed E-state index contributed by atoms with van der Waals surface area (Å²) in [4.78, 5) is 42.6. The zero-order valence-corrected chi connectivity index (χ0v) is 20.1. The lowest BCUT2D eigenvalue weighted by molar-refractivity contribution is 0.496. The maximum atomic E-state index is 13.7. The first kappa shape index (κ1) is 23.3. The summed E-state index contributed by atoms with van der Waals surface area (Å²) < 4.78 is 4.19. The van der Waals surface area contributed by atoms with E-state index in [1.807, 2.05) is 4.90 Å². The molecule has 5 rings (SSSR count). The predicted molar refractivity (Wildman–Crippen MR) is 135 cm³/mol. The Hall–Kier alpha value is -4.48. The highest BCUT2D eigenvalue weighted by Crippen LogP contribution is 2.23. The number of piperidine rings is 1. The van der Waals surface area contributed by atoms with Gasteiger partial charge in [0.1, 0.15) is 6.07 Å². The van der Waals surface area contributed by atoms with E-state index in [4.69, 9.17) is 10.7 Å². The van der Waals surface area contributed by atoms with E-state index in [0.29, 0.717) is 23.4 Å². The topological polar surface area (TPSA) is 141 Å². The Balaban J connectivity index is 1.70. The number of aryl methyl sites for hydroxylation is 1. The number of para-hydroxylation sites is 1. The van der Waals surface area contributed by atoms with E-state index < -0.39 is 11.2 Å². The van der Waals surface area contributed by atoms with E-state index in [2.05, 4.69) is 27.9 Å². The van der Waals surface area contributed by atoms with Crippen LogP contribution in [0.2, 0.25) is 0 Å². The number of benzene rings is 1. The molecule has 11 heteroatoms. The summed E-state index contributed by atoms with van der Waals surface area (Å²) in [5.41, 5.74) is 6.45. The summed E-state index contributed by atoms with van der Waals surface area (Å²) in [6.07, 6.45) is 1.83. The van der Waals surface area contributed by atoms with Gasteiger partial charge in [-0.05, 0) is 31.9 Å². The maximum absolute atomic E-state index is 13.7. The second-order valence-electron chi connectivity index (χ2n) is 8.80. The number of imidazole rings is 1. The van der Waals surface area contributed by atoms with Crippen molar-refractivity contribution < 1.29 is 0 Å². The molecule has 1 aliphatic heterocycles. The third-order valence-electron chi connectivity index (χ3n) is 6.42. The van der Waals surface area contributed by atoms with Gasteiger partial charge in [0.15, 0.2) is 22.7 Å². The van der Waals surface area contributed by atoms with Gasteiger partial charge in [-0.25, -0.2) is 14.8 Å². The monoisotopic (exact) mass is 483 g/mol. The van der Waals surface area contributed by atoms with Crippen LogP contribution in [0, 0.1) is 23.2 Å². The molecule has 36 heavy (non-hydrogen) atoms. The van der Waals surface area contributed by atoms with Crippen LogP contribution in [0.5, 0.6) is 0 Å². The fourth-order valence-corrected chi connectivity index (χ4v) is 4.66. The van der Waals surface area contributed by atoms with Crippen LogP contribution in [0.15, 0.2) is 33.9 Å². The average Bonchev–Trinajstić information content (AvgIpc) is 3.28. The molecular formula is C25H25N9O2. The van der Waals surface area contributed by atoms with Crippen LogP contribution >= 0.6 is 0 Å². The zero-order valence-electron chi connectivity index (χ0n) is 20.1. The molecule has 1 unspecified atom stereocenters. The van der Waals surface area contributed by atoms with E-state index in [9.17, 15) is 14.9 Å². The molecule has 0 spiro atoms. The first-order chi connectivity index (χ1) is 17.4. The molecule has 1 aliphatic rings. The minimum Gasteiger partial charge on any atom is -0.341 e. The molecule has 3 aromatic heterocycles. The predicted octanol–water partition coefficient (Wildman–Crippen LogP) is 0.711. The number of rotatable bonds is 4. The smallest absolute Gasteiger partial charge is 0.332 e. The minimum atomic E-state index is -0.545. The Morgan fingerprint density at radius 2 is 1.97 bits per heavy atom. The standard InChI is InChI=1S/C25H25N9O2/c1-3-4-12-33-21-22(30-24(33)32-11-7-8-16(27)14-32)31(2)25(36)34(23(21)35)15-20-28-18-10-6-5-9-17(18)19(13-26)29-20/h5-6,9-10,16H,7-8,11-12,14-15,27H2,1-2H3. The largest absolute Gasteiger partial charge is 0.341 e. The highest BCUT2D eigenvalue weighted by molar-refractivity contribution is 5.83. The molecule has 1 aromatic carbocycles. The number of aromatic nitrogens is 6. The summed E-state index contributed by atoms with van der Waals surface area (Å²) in [7, 11) is 1.58. The van der Waals surface area contributed by atoms with Gasteiger partial charge in [0.25, 0.3) is 5.56 Å². The summed E-state index contributed by atoms with van der Waals surface area (Å²) in [5, 5.41) is 10.2. The van der Waals surface area contributed by atoms with Gasteiger partial charge in [0.05, 0.1) is 18.6 Å². The Kier molecular flexibility index (Phi) is 6.00. The van der Waals surface area contributed by atoms with Crippen LogP contribution in [0.1, 0.15) is 31.3 Å². The van der Waals surface area contributed by atoms with Crippen molar-refractivity contribution in [2.75, 3.05) is 18.0 Å². The lowest BCUT2D eigenvalue weighted by atomic mass is 10.1. The number of nitrogens with two attached hydrogens (primary N) is 1. The van der Waals surface area contributed by atoms with Gasteiger partial charge in [-0.1, -0.05) is 18.1 Å². The van der Waals surface area contributed by atoms with Crippen molar-refractivity contribution in [1.82, 2.24) is 28.7 Å². The lowest BCUT2D eigenvalue weighted by Crippen LogP contribution is -2.44. The quantitative estimate of drug-likeness (QED) is 0.419. The van der Waals surface area contributed by atoms with Crippen LogP contribution < -0.4 is 21.9 Å². The second-order valence-corrected chi connectivity index (χ2v) is 8.80. The maximum Gasteiger partial charge on any atom is 0.332 e. The number of anilines is 1. The summed E-state index contributed by atoms with van der Waals surface area (Å²) >= 11 is 0. The fourth-order valence-electron chi connectivity index (χ4n) is 4.66. The third kappa shape index (κ3) is 3.89. The van der Waals surface area contributed by atoms with Gasteiger partial charge in [0.2, 0.25) is 5.95 Å². The zero-order chi connectivity index (χ0) is 25.4. The highest BCUT2D eigenvalue weighted by atomic mass is 16.2. The van der Waals surface area contributed by atoms with Gasteiger partial charge in [-0.3, -0.25) is 18.5 Å². The summed E-state index contributed by atoms with van der Waals surface area (Å²) in [5.74, 6) is 6.66. The molecule has 4 aromatic rings. The molecule has 0 amide bonds. The van der Waals surface area contributed by atoms with Crippen LogP contribution in [-0.4, -0.2) is 47.8 Å². The first-order valence-corrected chi connectivity index (χ1v) is 11.7. The van der Waals surface area contributed by atoms with E-state index in [-0.39, 0.29) is 41.8 Å².